The zero-order chi connectivity index (χ0) is 20.5. The van der Waals surface area contributed by atoms with E-state index in [1.54, 1.807) is 30.3 Å². The maximum absolute atomic E-state index is 13.0. The molecule has 0 saturated heterocycles. The molecule has 144 valence electrons. The van der Waals surface area contributed by atoms with E-state index in [2.05, 4.69) is 16.2 Å². The van der Waals surface area contributed by atoms with Crippen LogP contribution in [-0.2, 0) is 18.9 Å². The molecule has 0 radical (unpaired) electrons. The molecule has 0 fully saturated rings. The lowest BCUT2D eigenvalue weighted by atomic mass is 10.0. The molecule has 3 rings (SSSR count). The number of aromatic nitrogens is 3. The van der Waals surface area contributed by atoms with Crippen molar-refractivity contribution in [2.24, 2.45) is 0 Å². The maximum Gasteiger partial charge on any atom is 0.416 e. The number of hydrogen-bond acceptors (Lipinski definition) is 2. The fourth-order valence-electron chi connectivity index (χ4n) is 2.69. The Bertz CT molecular complexity index is 994. The second-order valence-electron chi connectivity index (χ2n) is 5.87. The predicted molar refractivity (Wildman–Crippen MR) is 88.9 cm³/mol. The van der Waals surface area contributed by atoms with Crippen LogP contribution in [0.25, 0.3) is 11.3 Å². The van der Waals surface area contributed by atoms with Crippen molar-refractivity contribution in [3.8, 4) is 23.6 Å². The van der Waals surface area contributed by atoms with E-state index in [1.807, 2.05) is 0 Å². The molecule has 0 saturated carbocycles. The molecule has 3 nitrogen and oxygen atoms in total. The van der Waals surface area contributed by atoms with Crippen LogP contribution in [0.2, 0.25) is 0 Å². The highest BCUT2D eigenvalue weighted by atomic mass is 19.4. The van der Waals surface area contributed by atoms with Crippen LogP contribution >= 0.6 is 0 Å². The van der Waals surface area contributed by atoms with Gasteiger partial charge in [0.05, 0.1) is 17.7 Å². The van der Waals surface area contributed by atoms with Gasteiger partial charge in [-0.3, -0.25) is 0 Å². The van der Waals surface area contributed by atoms with E-state index in [4.69, 9.17) is 6.42 Å². The predicted octanol–water partition coefficient (Wildman–Crippen LogP) is 5.01. The largest absolute Gasteiger partial charge is 0.416 e. The molecule has 9 heteroatoms. The number of halogens is 6. The quantitative estimate of drug-likeness (QED) is 0.461. The highest BCUT2D eigenvalue weighted by Crippen LogP contribution is 2.36. The van der Waals surface area contributed by atoms with Gasteiger partial charge >= 0.3 is 12.4 Å². The van der Waals surface area contributed by atoms with Gasteiger partial charge in [0, 0.05) is 5.56 Å². The van der Waals surface area contributed by atoms with Gasteiger partial charge in [0.25, 0.3) is 0 Å². The van der Waals surface area contributed by atoms with Crippen molar-refractivity contribution in [1.29, 1.82) is 0 Å². The van der Waals surface area contributed by atoms with Crippen molar-refractivity contribution in [2.45, 2.75) is 18.9 Å². The number of terminal acetylenes is 1. The number of benzene rings is 2. The lowest BCUT2D eigenvalue weighted by molar-refractivity contribution is -0.143. The molecule has 0 N–H and O–H groups in total. The van der Waals surface area contributed by atoms with E-state index in [9.17, 15) is 26.3 Å². The zero-order valence-corrected chi connectivity index (χ0v) is 14.0. The van der Waals surface area contributed by atoms with Crippen molar-refractivity contribution in [1.82, 2.24) is 15.0 Å². The Balaban J connectivity index is 2.10. The first-order valence-electron chi connectivity index (χ1n) is 7.83. The van der Waals surface area contributed by atoms with E-state index in [0.29, 0.717) is 23.4 Å². The maximum atomic E-state index is 13.0. The first kappa shape index (κ1) is 19.5. The minimum absolute atomic E-state index is 0.0792. The van der Waals surface area contributed by atoms with Gasteiger partial charge in [0.15, 0.2) is 5.69 Å². The fraction of sp³-hybridized carbons (Fsp3) is 0.158. The molecule has 1 aromatic heterocycles. The summed E-state index contributed by atoms with van der Waals surface area (Å²) in [5.41, 5.74) is -1.97. The van der Waals surface area contributed by atoms with E-state index < -0.39 is 23.5 Å². The molecule has 3 aromatic rings. The Kier molecular flexibility index (Phi) is 4.89. The second-order valence-corrected chi connectivity index (χ2v) is 5.87. The zero-order valence-electron chi connectivity index (χ0n) is 14.0. The van der Waals surface area contributed by atoms with Gasteiger partial charge < -0.3 is 0 Å². The molecular weight excluding hydrogens is 384 g/mol. The molecule has 0 bridgehead atoms. The van der Waals surface area contributed by atoms with Gasteiger partial charge in [-0.1, -0.05) is 35.5 Å². The lowest BCUT2D eigenvalue weighted by Gasteiger charge is -2.15. The van der Waals surface area contributed by atoms with Gasteiger partial charge in [-0.25, -0.2) is 4.68 Å². The van der Waals surface area contributed by atoms with Gasteiger partial charge in [0.1, 0.15) is 5.69 Å². The third-order valence-corrected chi connectivity index (χ3v) is 3.90. The molecule has 0 aliphatic heterocycles. The van der Waals surface area contributed by atoms with Crippen LogP contribution in [0.1, 0.15) is 22.4 Å². The molecule has 0 aliphatic carbocycles. The Labute approximate surface area is 155 Å². The Morgan fingerprint density at radius 2 is 1.46 bits per heavy atom. The summed E-state index contributed by atoms with van der Waals surface area (Å²) in [5.74, 6) is 2.32. The van der Waals surface area contributed by atoms with Crippen LogP contribution in [0, 0.1) is 12.3 Å². The van der Waals surface area contributed by atoms with Crippen molar-refractivity contribution in [2.75, 3.05) is 0 Å². The minimum Gasteiger partial charge on any atom is -0.239 e. The van der Waals surface area contributed by atoms with Crippen molar-refractivity contribution >= 4 is 0 Å². The molecular formula is C19H11F6N3. The monoisotopic (exact) mass is 395 g/mol. The molecule has 2 aromatic carbocycles. The number of rotatable bonds is 3. The normalized spacial score (nSPS) is 12.0. The van der Waals surface area contributed by atoms with Crippen LogP contribution in [0.5, 0.6) is 0 Å². The summed E-state index contributed by atoms with van der Waals surface area (Å²) >= 11 is 0. The van der Waals surface area contributed by atoms with Gasteiger partial charge in [-0.05, 0) is 29.7 Å². The minimum atomic E-state index is -4.93. The molecule has 0 atom stereocenters. The fourth-order valence-corrected chi connectivity index (χ4v) is 2.69. The highest BCUT2D eigenvalue weighted by Gasteiger charge is 2.37. The smallest absolute Gasteiger partial charge is 0.239 e. The average molecular weight is 395 g/mol. The number of hydrogen-bond donors (Lipinski definition) is 0. The summed E-state index contributed by atoms with van der Waals surface area (Å²) in [5, 5.41) is 7.59. The SMILES string of the molecule is C#Cc1nnn(Cc2cc(C(F)(F)F)cc(C(F)(F)F)c2)c1-c1ccccc1. The third-order valence-electron chi connectivity index (χ3n) is 3.90. The van der Waals surface area contributed by atoms with Crippen LogP contribution in [0.15, 0.2) is 48.5 Å². The summed E-state index contributed by atoms with van der Waals surface area (Å²) in [6.45, 7) is -0.369. The molecule has 0 spiro atoms. The first-order chi connectivity index (χ1) is 13.1. The number of alkyl halides is 6. The third kappa shape index (κ3) is 4.01. The van der Waals surface area contributed by atoms with Crippen molar-refractivity contribution < 1.29 is 26.3 Å². The Hall–Kier alpha value is -3.28. The molecule has 0 amide bonds. The van der Waals surface area contributed by atoms with Crippen molar-refractivity contribution in [3.63, 3.8) is 0 Å². The van der Waals surface area contributed by atoms with Crippen LogP contribution in [-0.4, -0.2) is 15.0 Å². The molecule has 0 aliphatic rings. The first-order valence-corrected chi connectivity index (χ1v) is 7.83. The summed E-state index contributed by atoms with van der Waals surface area (Å²) < 4.78 is 79.5. The van der Waals surface area contributed by atoms with Gasteiger partial charge in [-0.15, -0.1) is 11.5 Å². The highest BCUT2D eigenvalue weighted by molar-refractivity contribution is 5.65. The van der Waals surface area contributed by atoms with Gasteiger partial charge in [-0.2, -0.15) is 26.3 Å². The van der Waals surface area contributed by atoms with Crippen LogP contribution in [0.4, 0.5) is 26.3 Å². The van der Waals surface area contributed by atoms with E-state index in [-0.39, 0.29) is 23.9 Å². The van der Waals surface area contributed by atoms with Crippen molar-refractivity contribution in [3.05, 3.63) is 70.9 Å². The summed E-state index contributed by atoms with van der Waals surface area (Å²) in [7, 11) is 0. The van der Waals surface area contributed by atoms with E-state index in [0.717, 1.165) is 0 Å². The summed E-state index contributed by atoms with van der Waals surface area (Å²) in [4.78, 5) is 0. The second kappa shape index (κ2) is 7.03. The standard InChI is InChI=1S/C19H11F6N3/c1-2-16-17(13-6-4-3-5-7-13)28(27-26-16)11-12-8-14(18(20,21)22)10-15(9-12)19(23,24)25/h1,3-10H,11H2. The summed E-state index contributed by atoms with van der Waals surface area (Å²) in [6, 6.07) is 9.92. The lowest BCUT2D eigenvalue weighted by Crippen LogP contribution is -2.13. The molecule has 28 heavy (non-hydrogen) atoms. The Morgan fingerprint density at radius 3 is 1.96 bits per heavy atom. The van der Waals surface area contributed by atoms with Crippen LogP contribution < -0.4 is 0 Å². The summed E-state index contributed by atoms with van der Waals surface area (Å²) in [6.07, 6.45) is -4.46. The van der Waals surface area contributed by atoms with E-state index in [1.165, 1.54) is 4.68 Å². The molecule has 0 unspecified atom stereocenters. The topological polar surface area (TPSA) is 30.7 Å². The van der Waals surface area contributed by atoms with Crippen LogP contribution in [0.3, 0.4) is 0 Å². The number of nitrogens with zero attached hydrogens (tertiary/aromatic N) is 3. The average Bonchev–Trinajstić information content (AvgIpc) is 3.03. The van der Waals surface area contributed by atoms with E-state index >= 15 is 0 Å². The van der Waals surface area contributed by atoms with Gasteiger partial charge in [0.2, 0.25) is 0 Å². The Morgan fingerprint density at radius 1 is 0.893 bits per heavy atom. The molecule has 1 heterocycles.